The monoisotopic (exact) mass is 461 g/mol. The Morgan fingerprint density at radius 1 is 0.939 bits per heavy atom. The molecule has 1 aliphatic carbocycles. The Hall–Kier alpha value is -2.44. The molecule has 1 saturated heterocycles. The molecule has 33 heavy (non-hydrogen) atoms. The maximum Gasteiger partial charge on any atom is 0.328 e. The van der Waals surface area contributed by atoms with Crippen LogP contribution >= 0.6 is 0 Å². The molecule has 2 aliphatic rings. The topological polar surface area (TPSA) is 74.3 Å². The molecule has 7 heteroatoms. The number of carbonyl (C=O) groups excluding carboxylic acids is 2. The lowest BCUT2D eigenvalue weighted by Crippen LogP contribution is -2.51. The molecule has 0 spiro atoms. The van der Waals surface area contributed by atoms with Crippen molar-refractivity contribution < 1.29 is 28.5 Å². The highest BCUT2D eigenvalue weighted by Gasteiger charge is 2.40. The molecule has 0 N–H and O–H groups in total. The van der Waals surface area contributed by atoms with E-state index in [9.17, 15) is 9.59 Å². The lowest BCUT2D eigenvalue weighted by atomic mass is 9.75. The molecule has 1 aromatic rings. The van der Waals surface area contributed by atoms with E-state index in [1.54, 1.807) is 26.2 Å². The minimum Gasteiger partial charge on any atom is -0.493 e. The van der Waals surface area contributed by atoms with E-state index in [1.165, 1.54) is 6.42 Å². The van der Waals surface area contributed by atoms with E-state index in [-0.39, 0.29) is 23.7 Å². The Balaban J connectivity index is 2.00. The summed E-state index contributed by atoms with van der Waals surface area (Å²) in [6, 6.07) is 3.28. The van der Waals surface area contributed by atoms with E-state index in [0.717, 1.165) is 50.5 Å². The van der Waals surface area contributed by atoms with Gasteiger partial charge in [0, 0.05) is 6.54 Å². The Morgan fingerprint density at radius 3 is 2.15 bits per heavy atom. The summed E-state index contributed by atoms with van der Waals surface area (Å²) in [5, 5.41) is 0. The Morgan fingerprint density at radius 2 is 1.58 bits per heavy atom. The Kier molecular flexibility index (Phi) is 9.27. The summed E-state index contributed by atoms with van der Waals surface area (Å²) in [7, 11) is 4.75. The maximum atomic E-state index is 14.1. The first-order valence-electron chi connectivity index (χ1n) is 12.3. The molecule has 0 aromatic heterocycles. The molecule has 184 valence electrons. The second-order valence-electron chi connectivity index (χ2n) is 9.05. The van der Waals surface area contributed by atoms with Crippen LogP contribution in [0.1, 0.15) is 76.2 Å². The number of carbonyl (C=O) groups is 2. The van der Waals surface area contributed by atoms with Gasteiger partial charge in [0.15, 0.2) is 11.5 Å². The fourth-order valence-corrected chi connectivity index (χ4v) is 5.28. The van der Waals surface area contributed by atoms with E-state index in [2.05, 4.69) is 0 Å². The van der Waals surface area contributed by atoms with Gasteiger partial charge in [0.05, 0.1) is 33.9 Å². The number of ether oxygens (including phenoxy) is 4. The predicted octanol–water partition coefficient (Wildman–Crippen LogP) is 4.71. The maximum absolute atomic E-state index is 14.1. The van der Waals surface area contributed by atoms with Crippen molar-refractivity contribution in [1.29, 1.82) is 0 Å². The van der Waals surface area contributed by atoms with Crippen LogP contribution in [-0.4, -0.2) is 57.3 Å². The van der Waals surface area contributed by atoms with Crippen molar-refractivity contribution in [3.05, 3.63) is 17.7 Å². The molecule has 2 unspecified atom stereocenters. The van der Waals surface area contributed by atoms with Crippen LogP contribution in [0, 0.1) is 5.92 Å². The number of likely N-dealkylation sites (tertiary alicyclic amines) is 1. The third-order valence-corrected chi connectivity index (χ3v) is 6.94. The highest BCUT2D eigenvalue weighted by atomic mass is 16.5. The smallest absolute Gasteiger partial charge is 0.328 e. The number of hydrogen-bond donors (Lipinski definition) is 0. The largest absolute Gasteiger partial charge is 0.493 e. The Bertz CT molecular complexity index is 779. The first-order valence-corrected chi connectivity index (χ1v) is 12.3. The third-order valence-electron chi connectivity index (χ3n) is 6.94. The third kappa shape index (κ3) is 5.74. The molecule has 2 atom stereocenters. The number of piperidine rings is 1. The van der Waals surface area contributed by atoms with Gasteiger partial charge >= 0.3 is 5.97 Å². The number of hydrogen-bond acceptors (Lipinski definition) is 6. The van der Waals surface area contributed by atoms with Gasteiger partial charge in [-0.2, -0.15) is 0 Å². The van der Waals surface area contributed by atoms with Crippen molar-refractivity contribution in [1.82, 2.24) is 4.90 Å². The zero-order valence-electron chi connectivity index (χ0n) is 20.6. The summed E-state index contributed by atoms with van der Waals surface area (Å²) >= 11 is 0. The Labute approximate surface area is 197 Å². The van der Waals surface area contributed by atoms with Crippen LogP contribution in [0.5, 0.6) is 17.2 Å². The zero-order valence-corrected chi connectivity index (χ0v) is 20.6. The second kappa shape index (κ2) is 12.1. The molecular weight excluding hydrogens is 422 g/mol. The molecule has 1 saturated carbocycles. The van der Waals surface area contributed by atoms with E-state index >= 15 is 0 Å². The number of benzene rings is 1. The summed E-state index contributed by atoms with van der Waals surface area (Å²) in [6.45, 7) is 2.94. The van der Waals surface area contributed by atoms with Crippen LogP contribution in [0.4, 0.5) is 0 Å². The number of esters is 1. The van der Waals surface area contributed by atoms with Crippen LogP contribution < -0.4 is 14.2 Å². The summed E-state index contributed by atoms with van der Waals surface area (Å²) < 4.78 is 22.1. The lowest BCUT2D eigenvalue weighted by molar-refractivity contribution is -0.158. The van der Waals surface area contributed by atoms with Gasteiger partial charge in [0.1, 0.15) is 6.04 Å². The van der Waals surface area contributed by atoms with Crippen LogP contribution in [0.3, 0.4) is 0 Å². The summed E-state index contributed by atoms with van der Waals surface area (Å²) in [4.78, 5) is 28.7. The van der Waals surface area contributed by atoms with Crippen molar-refractivity contribution in [2.24, 2.45) is 5.92 Å². The molecule has 1 amide bonds. The van der Waals surface area contributed by atoms with Gasteiger partial charge < -0.3 is 23.8 Å². The van der Waals surface area contributed by atoms with Crippen molar-refractivity contribution in [2.45, 2.75) is 76.7 Å². The van der Waals surface area contributed by atoms with Gasteiger partial charge in [0.2, 0.25) is 11.7 Å². The summed E-state index contributed by atoms with van der Waals surface area (Å²) in [5.41, 5.74) is 0.854. The first kappa shape index (κ1) is 25.2. The predicted molar refractivity (Wildman–Crippen MR) is 126 cm³/mol. The highest BCUT2D eigenvalue weighted by Crippen LogP contribution is 2.45. The molecule has 3 rings (SSSR count). The van der Waals surface area contributed by atoms with Crippen LogP contribution in [0.2, 0.25) is 0 Å². The van der Waals surface area contributed by atoms with Gasteiger partial charge in [-0.05, 0) is 62.1 Å². The molecule has 0 radical (unpaired) electrons. The fraction of sp³-hybridized carbons (Fsp3) is 0.692. The summed E-state index contributed by atoms with van der Waals surface area (Å²) in [5.74, 6) is 1.17. The van der Waals surface area contributed by atoms with Gasteiger partial charge in [-0.15, -0.1) is 0 Å². The van der Waals surface area contributed by atoms with Crippen molar-refractivity contribution in [3.63, 3.8) is 0 Å². The highest BCUT2D eigenvalue weighted by molar-refractivity contribution is 5.89. The van der Waals surface area contributed by atoms with Crippen LogP contribution in [0.25, 0.3) is 0 Å². The number of methoxy groups -OCH3 is 3. The lowest BCUT2D eigenvalue weighted by Gasteiger charge is -2.39. The average Bonchev–Trinajstić information content (AvgIpc) is 2.87. The molecular formula is C26H39NO6. The normalized spacial score (nSPS) is 20.1. The number of nitrogens with zero attached hydrogens (tertiary/aromatic N) is 1. The number of amides is 1. The molecule has 1 aliphatic heterocycles. The molecule has 1 heterocycles. The average molecular weight is 462 g/mol. The van der Waals surface area contributed by atoms with E-state index in [1.807, 2.05) is 19.1 Å². The quantitative estimate of drug-likeness (QED) is 0.496. The minimum absolute atomic E-state index is 0.00863. The fourth-order valence-electron chi connectivity index (χ4n) is 5.28. The van der Waals surface area contributed by atoms with E-state index in [0.29, 0.717) is 36.8 Å². The second-order valence-corrected chi connectivity index (χ2v) is 9.05. The van der Waals surface area contributed by atoms with Gasteiger partial charge in [-0.1, -0.05) is 26.2 Å². The molecule has 2 fully saturated rings. The van der Waals surface area contributed by atoms with Crippen molar-refractivity contribution in [3.8, 4) is 17.2 Å². The number of rotatable bonds is 9. The van der Waals surface area contributed by atoms with Gasteiger partial charge in [-0.3, -0.25) is 4.79 Å². The summed E-state index contributed by atoms with van der Waals surface area (Å²) in [6.07, 6.45) is 8.65. The zero-order chi connectivity index (χ0) is 23.8. The van der Waals surface area contributed by atoms with Gasteiger partial charge in [0.25, 0.3) is 0 Å². The molecule has 0 bridgehead atoms. The molecule has 7 nitrogen and oxygen atoms in total. The van der Waals surface area contributed by atoms with Crippen molar-refractivity contribution in [2.75, 3.05) is 34.5 Å². The standard InChI is InChI=1S/C26H39NO6/c1-5-15-33-26(29)20-13-9-10-14-27(20)25(28)23(18-11-7-6-8-12-18)19-16-21(30-2)24(32-4)22(17-19)31-3/h16-18,20,23H,5-15H2,1-4H3. The van der Waals surface area contributed by atoms with Crippen LogP contribution in [0.15, 0.2) is 12.1 Å². The van der Waals surface area contributed by atoms with Crippen molar-refractivity contribution >= 4 is 11.9 Å². The SMILES string of the molecule is CCCOC(=O)C1CCCCN1C(=O)C(c1cc(OC)c(OC)c(OC)c1)C1CCCCC1. The first-order chi connectivity index (χ1) is 16.0. The minimum atomic E-state index is -0.508. The molecule has 1 aromatic carbocycles. The van der Waals surface area contributed by atoms with Crippen LogP contribution in [-0.2, 0) is 14.3 Å². The van der Waals surface area contributed by atoms with E-state index in [4.69, 9.17) is 18.9 Å². The van der Waals surface area contributed by atoms with Gasteiger partial charge in [-0.25, -0.2) is 4.79 Å². The van der Waals surface area contributed by atoms with E-state index < -0.39 is 6.04 Å².